The number of hydrogen-bond donors (Lipinski definition) is 0. The molecular formula is C52H44P4S2Se2. The fourth-order valence-electron chi connectivity index (χ4n) is 9.55. The Morgan fingerprint density at radius 3 is 0.550 bits per heavy atom. The normalized spacial score (nSPS) is 18.3. The molecule has 0 bridgehead atoms. The summed E-state index contributed by atoms with van der Waals surface area (Å²) in [6.45, 7) is 0. The predicted molar refractivity (Wildman–Crippen MR) is 278 cm³/mol. The van der Waals surface area contributed by atoms with Crippen LogP contribution in [0.5, 0.6) is 0 Å². The van der Waals surface area contributed by atoms with Gasteiger partial charge in [0.2, 0.25) is 0 Å². The van der Waals surface area contributed by atoms with E-state index in [9.17, 15) is 0 Å². The molecule has 8 aromatic rings. The molecule has 0 heterocycles. The summed E-state index contributed by atoms with van der Waals surface area (Å²) in [5, 5.41) is 10.4. The van der Waals surface area contributed by atoms with Crippen molar-refractivity contribution >= 4 is 119 Å². The van der Waals surface area contributed by atoms with Crippen molar-refractivity contribution in [3.8, 4) is 0 Å². The third-order valence-corrected chi connectivity index (χ3v) is 40.0. The molecule has 0 aromatic heterocycles. The van der Waals surface area contributed by atoms with Crippen LogP contribution >= 0.6 is 23.1 Å². The maximum atomic E-state index is 7.71. The fourth-order valence-corrected chi connectivity index (χ4v) is 41.6. The molecule has 0 saturated heterocycles. The van der Waals surface area contributed by atoms with Crippen LogP contribution in [0.1, 0.15) is 0 Å². The molecule has 9 rings (SSSR count). The number of rotatable bonds is 12. The molecule has 0 amide bonds. The Bertz CT molecular complexity index is 2300. The van der Waals surface area contributed by atoms with Crippen LogP contribution in [0.4, 0.5) is 0 Å². The van der Waals surface area contributed by atoms with Crippen molar-refractivity contribution in [2.24, 2.45) is 0 Å². The van der Waals surface area contributed by atoms with Crippen LogP contribution in [-0.2, 0) is 23.6 Å². The van der Waals surface area contributed by atoms with E-state index in [1.54, 1.807) is 0 Å². The molecule has 8 aromatic carbocycles. The van der Waals surface area contributed by atoms with Crippen molar-refractivity contribution < 1.29 is 0 Å². The third-order valence-electron chi connectivity index (χ3n) is 12.2. The predicted octanol–water partition coefficient (Wildman–Crippen LogP) is 9.24. The van der Waals surface area contributed by atoms with E-state index in [0.29, 0.717) is 0 Å². The Morgan fingerprint density at radius 2 is 0.383 bits per heavy atom. The summed E-state index contributed by atoms with van der Waals surface area (Å²) in [5.41, 5.74) is -4.62. The Hall–Kier alpha value is -3.04. The zero-order chi connectivity index (χ0) is 41.2. The minimum absolute atomic E-state index is 0.0574. The second kappa shape index (κ2) is 18.0. The van der Waals surface area contributed by atoms with Crippen LogP contribution in [-0.4, -0.2) is 52.8 Å². The van der Waals surface area contributed by atoms with E-state index in [1.165, 1.54) is 42.4 Å². The van der Waals surface area contributed by atoms with Crippen molar-refractivity contribution in [1.29, 1.82) is 0 Å². The molecule has 1 fully saturated rings. The molecule has 1 saturated carbocycles. The zero-order valence-corrected chi connectivity index (χ0v) is 41.5. The van der Waals surface area contributed by atoms with Crippen LogP contribution in [0.25, 0.3) is 0 Å². The van der Waals surface area contributed by atoms with Gasteiger partial charge in [-0.25, -0.2) is 0 Å². The molecule has 0 aliphatic heterocycles. The molecule has 0 atom stereocenters. The monoisotopic (exact) mass is 1020 g/mol. The van der Waals surface area contributed by atoms with Crippen molar-refractivity contribution in [3.63, 3.8) is 0 Å². The van der Waals surface area contributed by atoms with Gasteiger partial charge >= 0.3 is 385 Å². The van der Waals surface area contributed by atoms with Gasteiger partial charge in [0.05, 0.1) is 0 Å². The van der Waals surface area contributed by atoms with Crippen molar-refractivity contribution in [3.05, 3.63) is 243 Å². The molecule has 1 aliphatic rings. The summed E-state index contributed by atoms with van der Waals surface area (Å²) in [6.07, 6.45) is 0. The van der Waals surface area contributed by atoms with E-state index < -0.39 is 23.1 Å². The fraction of sp³-hybridized carbons (Fsp3) is 0.0769. The van der Waals surface area contributed by atoms with Crippen LogP contribution < -0.4 is 42.4 Å². The first kappa shape index (κ1) is 42.3. The SMILES string of the molecule is S=P(c1ccccc1)(c1ccccc1)C1C(P(=[Se])(c2ccccc2)c2ccccc2)C(P(=S)(c2ccccc2)c2ccccc2)C1P(=[Se])(c1ccccc1)c1ccccc1. The van der Waals surface area contributed by atoms with E-state index in [1.807, 2.05) is 0 Å². The van der Waals surface area contributed by atoms with Gasteiger partial charge in [-0.2, -0.15) is 0 Å². The van der Waals surface area contributed by atoms with E-state index in [2.05, 4.69) is 273 Å². The number of hydrogen-bond acceptors (Lipinski definition) is 2. The topological polar surface area (TPSA) is 0 Å². The summed E-state index contributed by atoms with van der Waals surface area (Å²) in [4.78, 5) is 0. The Morgan fingerprint density at radius 1 is 0.233 bits per heavy atom. The van der Waals surface area contributed by atoms with Crippen molar-refractivity contribution in [2.45, 2.75) is 22.6 Å². The van der Waals surface area contributed by atoms with Crippen molar-refractivity contribution in [2.75, 3.05) is 0 Å². The number of benzene rings is 8. The standard InChI is InChI=1S/C52H44P4S2Se2/c57-53(41-25-9-1-10-26-41,42-27-11-2-12-28-42)49-51(55(59,45-33-17-5-18-34-45)46-35-19-6-20-36-46)50(54(58,43-29-13-3-14-30-43)44-31-15-4-16-32-44)52(49)56(60,47-37-21-7-22-38-47)48-39-23-8-24-40-48/h1-40,49-52H. The van der Waals surface area contributed by atoms with E-state index in [0.717, 1.165) is 0 Å². The van der Waals surface area contributed by atoms with Gasteiger partial charge in [-0.05, 0) is 0 Å². The summed E-state index contributed by atoms with van der Waals surface area (Å²) in [7, 11) is 0. The Kier molecular flexibility index (Phi) is 12.7. The van der Waals surface area contributed by atoms with Gasteiger partial charge in [0.25, 0.3) is 0 Å². The van der Waals surface area contributed by atoms with Gasteiger partial charge in [0.15, 0.2) is 0 Å². The van der Waals surface area contributed by atoms with Crippen LogP contribution in [0.2, 0.25) is 0 Å². The molecule has 0 unspecified atom stereocenters. The van der Waals surface area contributed by atoms with Gasteiger partial charge in [-0.3, -0.25) is 0 Å². The van der Waals surface area contributed by atoms with Crippen LogP contribution in [0, 0.1) is 0 Å². The second-order valence-corrected chi connectivity index (χ2v) is 37.8. The Balaban J connectivity index is 1.50. The van der Waals surface area contributed by atoms with Gasteiger partial charge in [0, 0.05) is 0 Å². The van der Waals surface area contributed by atoms with Gasteiger partial charge in [0.1, 0.15) is 0 Å². The molecule has 1 aliphatic carbocycles. The average Bonchev–Trinajstić information content (AvgIpc) is 3.33. The first-order chi connectivity index (χ1) is 29.3. The first-order valence-electron chi connectivity index (χ1n) is 20.2. The van der Waals surface area contributed by atoms with Gasteiger partial charge in [-0.15, -0.1) is 0 Å². The molecule has 0 N–H and O–H groups in total. The van der Waals surface area contributed by atoms with E-state index in [-0.39, 0.29) is 22.6 Å². The molecule has 0 spiro atoms. The average molecular weight is 1010 g/mol. The Labute approximate surface area is 381 Å². The zero-order valence-electron chi connectivity index (χ0n) is 32.8. The van der Waals surface area contributed by atoms with E-state index in [4.69, 9.17) is 23.6 Å². The maximum absolute atomic E-state index is 7.71. The van der Waals surface area contributed by atoms with Crippen LogP contribution in [0.3, 0.4) is 0 Å². The molecular weight excluding hydrogens is 971 g/mol. The molecule has 0 nitrogen and oxygen atoms in total. The molecule has 60 heavy (non-hydrogen) atoms. The van der Waals surface area contributed by atoms with Gasteiger partial charge < -0.3 is 0 Å². The molecule has 8 heteroatoms. The second-order valence-electron chi connectivity index (χ2n) is 15.3. The van der Waals surface area contributed by atoms with E-state index >= 15 is 0 Å². The molecule has 296 valence electrons. The quantitative estimate of drug-likeness (QED) is 0.0886. The minimum atomic E-state index is -2.68. The summed E-state index contributed by atoms with van der Waals surface area (Å²) in [5.74, 6) is 0. The summed E-state index contributed by atoms with van der Waals surface area (Å²) in [6, 6.07) is 84.7. The van der Waals surface area contributed by atoms with Crippen LogP contribution in [0.15, 0.2) is 243 Å². The van der Waals surface area contributed by atoms with Crippen molar-refractivity contribution in [1.82, 2.24) is 0 Å². The molecule has 0 radical (unpaired) electrons. The first-order valence-corrected chi connectivity index (χ1v) is 34.1. The summed E-state index contributed by atoms with van der Waals surface area (Å²) < 4.78 is 0. The third kappa shape index (κ3) is 7.21. The summed E-state index contributed by atoms with van der Waals surface area (Å²) >= 11 is 23.7. The van der Waals surface area contributed by atoms with Gasteiger partial charge in [-0.1, -0.05) is 0 Å².